The van der Waals surface area contributed by atoms with Crippen LogP contribution < -0.4 is 10.9 Å². The van der Waals surface area contributed by atoms with Crippen molar-refractivity contribution in [3.63, 3.8) is 0 Å². The van der Waals surface area contributed by atoms with E-state index in [1.165, 1.54) is 22.2 Å². The summed E-state index contributed by atoms with van der Waals surface area (Å²) >= 11 is 1.43. The van der Waals surface area contributed by atoms with Gasteiger partial charge in [0.15, 0.2) is 0 Å². The van der Waals surface area contributed by atoms with E-state index in [1.54, 1.807) is 11.0 Å². The van der Waals surface area contributed by atoms with Gasteiger partial charge in [-0.25, -0.2) is 4.98 Å². The summed E-state index contributed by atoms with van der Waals surface area (Å²) in [6.45, 7) is 9.08. The molecule has 1 aliphatic rings. The number of piperazine rings is 1. The molecule has 0 atom stereocenters. The third kappa shape index (κ3) is 5.17. The molecule has 152 valence electrons. The molecule has 2 aromatic rings. The van der Waals surface area contributed by atoms with Crippen LogP contribution in [0.25, 0.3) is 10.2 Å². The fourth-order valence-electron chi connectivity index (χ4n) is 3.24. The van der Waals surface area contributed by atoms with Crippen molar-refractivity contribution < 1.29 is 9.59 Å². The Morgan fingerprint density at radius 2 is 1.93 bits per heavy atom. The maximum atomic E-state index is 12.5. The molecule has 1 saturated heterocycles. The fourth-order valence-corrected chi connectivity index (χ4v) is 3.97. The maximum Gasteiger partial charge on any atom is 0.262 e. The molecule has 1 aliphatic heterocycles. The first-order valence-electron chi connectivity index (χ1n) is 9.47. The van der Waals surface area contributed by atoms with Crippen LogP contribution in [0, 0.1) is 0 Å². The van der Waals surface area contributed by atoms with Gasteiger partial charge in [0.2, 0.25) is 11.8 Å². The van der Waals surface area contributed by atoms with Gasteiger partial charge in [-0.3, -0.25) is 23.9 Å². The summed E-state index contributed by atoms with van der Waals surface area (Å²) in [7, 11) is 0. The summed E-state index contributed by atoms with van der Waals surface area (Å²) in [6, 6.07) is 1.77. The number of rotatable bonds is 5. The van der Waals surface area contributed by atoms with Crippen molar-refractivity contribution >= 4 is 33.4 Å². The van der Waals surface area contributed by atoms with E-state index in [1.807, 2.05) is 26.2 Å². The number of thiophene rings is 1. The van der Waals surface area contributed by atoms with Crippen molar-refractivity contribution in [1.29, 1.82) is 0 Å². The van der Waals surface area contributed by atoms with Crippen LogP contribution in [0.15, 0.2) is 22.6 Å². The van der Waals surface area contributed by atoms with E-state index < -0.39 is 0 Å². The molecule has 0 spiro atoms. The Kier molecular flexibility index (Phi) is 6.14. The molecule has 0 aromatic carbocycles. The average molecular weight is 406 g/mol. The summed E-state index contributed by atoms with van der Waals surface area (Å²) in [5.74, 6) is 0.0269. The normalized spacial score (nSPS) is 15.8. The van der Waals surface area contributed by atoms with E-state index in [4.69, 9.17) is 0 Å². The minimum Gasteiger partial charge on any atom is -0.350 e. The molecule has 0 bridgehead atoms. The molecule has 3 rings (SSSR count). The van der Waals surface area contributed by atoms with Crippen LogP contribution in [-0.4, -0.2) is 69.4 Å². The Bertz CT molecular complexity index is 906. The van der Waals surface area contributed by atoms with Gasteiger partial charge < -0.3 is 10.2 Å². The lowest BCUT2D eigenvalue weighted by Crippen LogP contribution is -2.53. The number of aromatic nitrogens is 2. The van der Waals surface area contributed by atoms with E-state index in [-0.39, 0.29) is 29.3 Å². The van der Waals surface area contributed by atoms with E-state index in [2.05, 4.69) is 15.2 Å². The van der Waals surface area contributed by atoms with Gasteiger partial charge in [-0.15, -0.1) is 11.3 Å². The summed E-state index contributed by atoms with van der Waals surface area (Å²) in [6.07, 6.45) is 1.78. The molecule has 3 heterocycles. The maximum absolute atomic E-state index is 12.5. The largest absolute Gasteiger partial charge is 0.350 e. The number of amides is 2. The van der Waals surface area contributed by atoms with E-state index >= 15 is 0 Å². The first-order valence-corrected chi connectivity index (χ1v) is 10.3. The Hall–Kier alpha value is -2.26. The minimum absolute atomic E-state index is 0.00275. The molecule has 0 saturated carbocycles. The number of carbonyl (C=O) groups excluding carboxylic acids is 2. The molecule has 1 fully saturated rings. The first-order chi connectivity index (χ1) is 13.2. The highest BCUT2D eigenvalue weighted by Gasteiger charge is 2.23. The number of nitrogens with zero attached hydrogens (tertiary/aromatic N) is 4. The Labute approximate surface area is 168 Å². The van der Waals surface area contributed by atoms with Crippen LogP contribution in [0.1, 0.15) is 27.2 Å². The third-order valence-electron chi connectivity index (χ3n) is 4.62. The summed E-state index contributed by atoms with van der Waals surface area (Å²) in [5, 5.41) is 5.40. The molecule has 0 radical (unpaired) electrons. The lowest BCUT2D eigenvalue weighted by molar-refractivity contribution is -0.133. The number of fused-ring (bicyclic) bond motifs is 1. The van der Waals surface area contributed by atoms with Gasteiger partial charge in [-0.2, -0.15) is 0 Å². The topological polar surface area (TPSA) is 87.5 Å². The van der Waals surface area contributed by atoms with Crippen LogP contribution in [0.3, 0.4) is 0 Å². The molecule has 8 nitrogen and oxygen atoms in total. The average Bonchev–Trinajstić information content (AvgIpc) is 3.09. The third-order valence-corrected chi connectivity index (χ3v) is 5.44. The van der Waals surface area contributed by atoms with Gasteiger partial charge in [0.05, 0.1) is 18.3 Å². The van der Waals surface area contributed by atoms with Crippen LogP contribution in [0.4, 0.5) is 0 Å². The molecule has 0 unspecified atom stereocenters. The predicted molar refractivity (Wildman–Crippen MR) is 109 cm³/mol. The molecular formula is C19H27N5O3S. The second-order valence-corrected chi connectivity index (χ2v) is 8.98. The highest BCUT2D eigenvalue weighted by Crippen LogP contribution is 2.13. The molecule has 2 aromatic heterocycles. The minimum atomic E-state index is -0.242. The van der Waals surface area contributed by atoms with Gasteiger partial charge >= 0.3 is 0 Å². The molecule has 0 aliphatic carbocycles. The molecule has 2 amide bonds. The molecule has 1 N–H and O–H groups in total. The lowest BCUT2D eigenvalue weighted by atomic mass is 10.1. The smallest absolute Gasteiger partial charge is 0.262 e. The zero-order valence-corrected chi connectivity index (χ0v) is 17.4. The molecular weight excluding hydrogens is 378 g/mol. The highest BCUT2D eigenvalue weighted by molar-refractivity contribution is 7.16. The Balaban J connectivity index is 1.46. The quantitative estimate of drug-likeness (QED) is 0.799. The fraction of sp³-hybridized carbons (Fsp3) is 0.579. The number of hydrogen-bond donors (Lipinski definition) is 1. The van der Waals surface area contributed by atoms with E-state index in [9.17, 15) is 14.4 Å². The zero-order valence-electron chi connectivity index (χ0n) is 16.6. The predicted octanol–water partition coefficient (Wildman–Crippen LogP) is 0.907. The van der Waals surface area contributed by atoms with Crippen LogP contribution in [0.2, 0.25) is 0 Å². The Morgan fingerprint density at radius 1 is 1.21 bits per heavy atom. The summed E-state index contributed by atoms with van der Waals surface area (Å²) in [4.78, 5) is 45.8. The number of nitrogens with one attached hydrogen (secondary N) is 1. The lowest BCUT2D eigenvalue weighted by Gasteiger charge is -2.35. The van der Waals surface area contributed by atoms with Crippen molar-refractivity contribution in [2.24, 2.45) is 0 Å². The summed E-state index contributed by atoms with van der Waals surface area (Å²) in [5.41, 5.74) is -0.345. The van der Waals surface area contributed by atoms with Gasteiger partial charge in [0.1, 0.15) is 4.83 Å². The second kappa shape index (κ2) is 8.40. The SMILES string of the molecule is CC(C)(C)NC(=O)CN1CCN(C(=O)CCn2cnc3sccc3c2=O)CC1. The summed E-state index contributed by atoms with van der Waals surface area (Å²) < 4.78 is 1.50. The van der Waals surface area contributed by atoms with Crippen molar-refractivity contribution in [3.8, 4) is 0 Å². The van der Waals surface area contributed by atoms with Gasteiger partial charge in [-0.1, -0.05) is 0 Å². The Morgan fingerprint density at radius 3 is 2.61 bits per heavy atom. The van der Waals surface area contributed by atoms with E-state index in [0.29, 0.717) is 44.7 Å². The van der Waals surface area contributed by atoms with Gasteiger partial charge in [-0.05, 0) is 32.2 Å². The van der Waals surface area contributed by atoms with Crippen molar-refractivity contribution in [1.82, 2.24) is 24.7 Å². The van der Waals surface area contributed by atoms with Gasteiger partial charge in [0.25, 0.3) is 5.56 Å². The zero-order chi connectivity index (χ0) is 20.3. The van der Waals surface area contributed by atoms with Crippen molar-refractivity contribution in [2.75, 3.05) is 32.7 Å². The van der Waals surface area contributed by atoms with Crippen LogP contribution in [-0.2, 0) is 16.1 Å². The van der Waals surface area contributed by atoms with Crippen molar-refractivity contribution in [3.05, 3.63) is 28.1 Å². The standard InChI is InChI=1S/C19H27N5O3S/c1-19(2,3)21-15(25)12-22-7-9-23(10-8-22)16(26)4-6-24-13-20-17-14(18(24)27)5-11-28-17/h5,11,13H,4,6-10,12H2,1-3H3,(H,21,25). The molecule has 9 heteroatoms. The molecule has 28 heavy (non-hydrogen) atoms. The number of aryl methyl sites for hydroxylation is 1. The van der Waals surface area contributed by atoms with Gasteiger partial charge in [0, 0.05) is 44.7 Å². The first kappa shape index (κ1) is 20.5. The van der Waals surface area contributed by atoms with Crippen molar-refractivity contribution in [2.45, 2.75) is 39.3 Å². The second-order valence-electron chi connectivity index (χ2n) is 8.09. The highest BCUT2D eigenvalue weighted by atomic mass is 32.1. The van der Waals surface area contributed by atoms with Crippen LogP contribution in [0.5, 0.6) is 0 Å². The van der Waals surface area contributed by atoms with E-state index in [0.717, 1.165) is 4.83 Å². The van der Waals surface area contributed by atoms with Crippen LogP contribution >= 0.6 is 11.3 Å². The number of hydrogen-bond acceptors (Lipinski definition) is 6. The monoisotopic (exact) mass is 405 g/mol. The number of carbonyl (C=O) groups is 2.